The third-order valence-electron chi connectivity index (χ3n) is 2.77. The van der Waals surface area contributed by atoms with Crippen LogP contribution in [0.25, 0.3) is 0 Å². The summed E-state index contributed by atoms with van der Waals surface area (Å²) in [5.74, 6) is -0.269. The van der Waals surface area contributed by atoms with Crippen LogP contribution >= 0.6 is 0 Å². The Kier molecular flexibility index (Phi) is 3.89. The number of aliphatic carboxylic acids is 1. The van der Waals surface area contributed by atoms with Crippen molar-refractivity contribution in [2.24, 2.45) is 0 Å². The van der Waals surface area contributed by atoms with Crippen LogP contribution in [0, 0.1) is 0 Å². The van der Waals surface area contributed by atoms with Gasteiger partial charge in [0, 0.05) is 7.05 Å². The molecule has 6 heteroatoms. The van der Waals surface area contributed by atoms with Gasteiger partial charge in [0.25, 0.3) is 0 Å². The molecule has 0 saturated heterocycles. The Morgan fingerprint density at radius 2 is 2.05 bits per heavy atom. The second-order valence-electron chi connectivity index (χ2n) is 4.34. The first-order valence-electron chi connectivity index (χ1n) is 5.90. The van der Waals surface area contributed by atoms with Crippen molar-refractivity contribution in [3.8, 4) is 11.5 Å². The van der Waals surface area contributed by atoms with Gasteiger partial charge in [-0.3, -0.25) is 9.59 Å². The highest BCUT2D eigenvalue weighted by Crippen LogP contribution is 2.30. The Hall–Kier alpha value is -2.24. The minimum atomic E-state index is -1.14. The number of amides is 1. The van der Waals surface area contributed by atoms with Crippen LogP contribution in [-0.2, 0) is 9.59 Å². The van der Waals surface area contributed by atoms with Crippen LogP contribution in [0.2, 0.25) is 0 Å². The molecule has 6 nitrogen and oxygen atoms in total. The molecule has 1 unspecified atom stereocenters. The zero-order chi connectivity index (χ0) is 13.8. The number of benzene rings is 1. The molecule has 0 aliphatic carbocycles. The van der Waals surface area contributed by atoms with Crippen molar-refractivity contribution in [1.29, 1.82) is 0 Å². The maximum absolute atomic E-state index is 11.5. The van der Waals surface area contributed by atoms with Crippen LogP contribution in [-0.4, -0.2) is 48.2 Å². The highest BCUT2D eigenvalue weighted by molar-refractivity contribution is 5.93. The fraction of sp³-hybridized carbons (Fsp3) is 0.385. The zero-order valence-electron chi connectivity index (χ0n) is 10.5. The first-order chi connectivity index (χ1) is 9.06. The maximum atomic E-state index is 11.5. The molecule has 0 fully saturated rings. The second kappa shape index (κ2) is 5.60. The first kappa shape index (κ1) is 13.2. The highest BCUT2D eigenvalue weighted by atomic mass is 16.6. The summed E-state index contributed by atoms with van der Waals surface area (Å²) in [6.45, 7) is 0.627. The van der Waals surface area contributed by atoms with Gasteiger partial charge in [-0.05, 0) is 12.1 Å². The molecule has 0 radical (unpaired) electrons. The number of hydrogen-bond acceptors (Lipinski definition) is 4. The van der Waals surface area contributed by atoms with Crippen LogP contribution in [0.1, 0.15) is 6.42 Å². The van der Waals surface area contributed by atoms with Crippen LogP contribution in [0.3, 0.4) is 0 Å². The van der Waals surface area contributed by atoms with Gasteiger partial charge in [-0.1, -0.05) is 12.1 Å². The summed E-state index contributed by atoms with van der Waals surface area (Å²) in [5, 5.41) is 8.57. The SMILES string of the molecule is CN(CC1COc2ccccc2O1)C(=O)CC(=O)O. The molecule has 1 atom stereocenters. The van der Waals surface area contributed by atoms with E-state index in [0.29, 0.717) is 24.7 Å². The van der Waals surface area contributed by atoms with Gasteiger partial charge in [-0.2, -0.15) is 0 Å². The number of para-hydroxylation sites is 2. The Morgan fingerprint density at radius 1 is 1.37 bits per heavy atom. The molecular weight excluding hydrogens is 250 g/mol. The fourth-order valence-electron chi connectivity index (χ4n) is 1.82. The molecule has 0 saturated carbocycles. The van der Waals surface area contributed by atoms with Crippen molar-refractivity contribution in [3.63, 3.8) is 0 Å². The van der Waals surface area contributed by atoms with E-state index in [4.69, 9.17) is 14.6 Å². The topological polar surface area (TPSA) is 76.1 Å². The molecule has 0 bridgehead atoms. The molecule has 0 aromatic heterocycles. The van der Waals surface area contributed by atoms with Gasteiger partial charge in [0.2, 0.25) is 5.91 Å². The molecule has 1 aromatic carbocycles. The number of carbonyl (C=O) groups excluding carboxylic acids is 1. The lowest BCUT2D eigenvalue weighted by molar-refractivity contribution is -0.144. The summed E-state index contributed by atoms with van der Waals surface area (Å²) >= 11 is 0. The van der Waals surface area contributed by atoms with E-state index in [1.54, 1.807) is 13.1 Å². The number of hydrogen-bond donors (Lipinski definition) is 1. The van der Waals surface area contributed by atoms with Crippen LogP contribution in [0.4, 0.5) is 0 Å². The average molecular weight is 265 g/mol. The standard InChI is InChI=1S/C13H15NO5/c1-14(12(15)6-13(16)17)7-9-8-18-10-4-2-3-5-11(10)19-9/h2-5,9H,6-8H2,1H3,(H,16,17). The van der Waals surface area contributed by atoms with Crippen molar-refractivity contribution in [3.05, 3.63) is 24.3 Å². The molecule has 1 aromatic rings. The lowest BCUT2D eigenvalue weighted by Crippen LogP contribution is -2.42. The third-order valence-corrected chi connectivity index (χ3v) is 2.77. The van der Waals surface area contributed by atoms with Gasteiger partial charge in [0.05, 0.1) is 6.54 Å². The average Bonchev–Trinajstić information content (AvgIpc) is 2.37. The Balaban J connectivity index is 1.91. The molecule has 1 aliphatic heterocycles. The van der Waals surface area contributed by atoms with E-state index in [2.05, 4.69) is 0 Å². The van der Waals surface area contributed by atoms with Gasteiger partial charge in [-0.25, -0.2) is 0 Å². The number of likely N-dealkylation sites (N-methyl/N-ethyl adjacent to an activating group) is 1. The Labute approximate surface area is 110 Å². The molecule has 1 aliphatic rings. The third kappa shape index (κ3) is 3.37. The van der Waals surface area contributed by atoms with Crippen LogP contribution < -0.4 is 9.47 Å². The molecule has 19 heavy (non-hydrogen) atoms. The Bertz CT molecular complexity index is 488. The van der Waals surface area contributed by atoms with Crippen molar-refractivity contribution in [2.45, 2.75) is 12.5 Å². The summed E-state index contributed by atoms with van der Waals surface area (Å²) in [6, 6.07) is 7.29. The minimum Gasteiger partial charge on any atom is -0.486 e. The van der Waals surface area contributed by atoms with E-state index in [-0.39, 0.29) is 6.10 Å². The minimum absolute atomic E-state index is 0.292. The van der Waals surface area contributed by atoms with E-state index in [1.165, 1.54) is 4.90 Å². The van der Waals surface area contributed by atoms with Gasteiger partial charge in [-0.15, -0.1) is 0 Å². The van der Waals surface area contributed by atoms with E-state index in [1.807, 2.05) is 18.2 Å². The first-order valence-corrected chi connectivity index (χ1v) is 5.90. The zero-order valence-corrected chi connectivity index (χ0v) is 10.5. The predicted octanol–water partition coefficient (Wildman–Crippen LogP) is 0.760. The maximum Gasteiger partial charge on any atom is 0.312 e. The van der Waals surface area contributed by atoms with Gasteiger partial charge in [0.1, 0.15) is 13.0 Å². The normalized spacial score (nSPS) is 16.8. The van der Waals surface area contributed by atoms with Crippen LogP contribution in [0.5, 0.6) is 11.5 Å². The van der Waals surface area contributed by atoms with Gasteiger partial charge >= 0.3 is 5.97 Å². The molecule has 1 heterocycles. The van der Waals surface area contributed by atoms with E-state index >= 15 is 0 Å². The molecule has 0 spiro atoms. The molecule has 1 N–H and O–H groups in total. The van der Waals surface area contributed by atoms with Gasteiger partial charge < -0.3 is 19.5 Å². The van der Waals surface area contributed by atoms with Crippen molar-refractivity contribution < 1.29 is 24.2 Å². The summed E-state index contributed by atoms with van der Waals surface area (Å²) in [5.41, 5.74) is 0. The van der Waals surface area contributed by atoms with Crippen molar-refractivity contribution in [1.82, 2.24) is 4.90 Å². The number of ether oxygens (including phenoxy) is 2. The summed E-state index contributed by atoms with van der Waals surface area (Å²) in [7, 11) is 1.55. The predicted molar refractivity (Wildman–Crippen MR) is 66.2 cm³/mol. The number of carboxylic acids is 1. The van der Waals surface area contributed by atoms with E-state index in [9.17, 15) is 9.59 Å². The highest BCUT2D eigenvalue weighted by Gasteiger charge is 2.24. The largest absolute Gasteiger partial charge is 0.486 e. The van der Waals surface area contributed by atoms with Crippen molar-refractivity contribution in [2.75, 3.05) is 20.2 Å². The quantitative estimate of drug-likeness (QED) is 0.813. The molecule has 2 rings (SSSR count). The molecular formula is C13H15NO5. The number of rotatable bonds is 4. The second-order valence-corrected chi connectivity index (χ2v) is 4.34. The molecule has 1 amide bonds. The Morgan fingerprint density at radius 3 is 2.74 bits per heavy atom. The smallest absolute Gasteiger partial charge is 0.312 e. The number of carboxylic acid groups (broad SMARTS) is 1. The summed E-state index contributed by atoms with van der Waals surface area (Å²) in [4.78, 5) is 23.3. The fourth-order valence-corrected chi connectivity index (χ4v) is 1.82. The van der Waals surface area contributed by atoms with E-state index in [0.717, 1.165) is 0 Å². The lowest BCUT2D eigenvalue weighted by Gasteiger charge is -2.29. The number of fused-ring (bicyclic) bond motifs is 1. The summed E-state index contributed by atoms with van der Waals surface area (Å²) in [6.07, 6.45) is -0.807. The monoisotopic (exact) mass is 265 g/mol. The van der Waals surface area contributed by atoms with Crippen LogP contribution in [0.15, 0.2) is 24.3 Å². The molecule has 102 valence electrons. The summed E-state index contributed by atoms with van der Waals surface area (Å²) < 4.78 is 11.2. The number of carbonyl (C=O) groups is 2. The number of nitrogens with zero attached hydrogens (tertiary/aromatic N) is 1. The van der Waals surface area contributed by atoms with Crippen molar-refractivity contribution >= 4 is 11.9 Å². The van der Waals surface area contributed by atoms with E-state index < -0.39 is 18.3 Å². The van der Waals surface area contributed by atoms with Gasteiger partial charge in [0.15, 0.2) is 17.6 Å². The lowest BCUT2D eigenvalue weighted by atomic mass is 10.2.